The molecule has 0 aliphatic heterocycles. The average Bonchev–Trinajstić information content (AvgIpc) is 2.32. The summed E-state index contributed by atoms with van der Waals surface area (Å²) >= 11 is 3.22. The van der Waals surface area contributed by atoms with Crippen molar-refractivity contribution in [2.24, 2.45) is 0 Å². The number of nitrogen functional groups attached to an aromatic ring is 1. The summed E-state index contributed by atoms with van der Waals surface area (Å²) in [4.78, 5) is 3.39. The highest BCUT2D eigenvalue weighted by molar-refractivity contribution is 9.10. The fourth-order valence-electron chi connectivity index (χ4n) is 1.35. The van der Waals surface area contributed by atoms with Crippen LogP contribution < -0.4 is 10.5 Å². The van der Waals surface area contributed by atoms with E-state index in [9.17, 15) is 13.2 Å². The van der Waals surface area contributed by atoms with Crippen molar-refractivity contribution in [1.29, 1.82) is 0 Å². The lowest BCUT2D eigenvalue weighted by atomic mass is 10.3. The number of aromatic nitrogens is 1. The molecule has 100 valence electrons. The van der Waals surface area contributed by atoms with Crippen LogP contribution in [-0.4, -0.2) is 4.98 Å². The molecule has 1 aromatic carbocycles. The highest BCUT2D eigenvalue weighted by Crippen LogP contribution is 2.32. The zero-order chi connectivity index (χ0) is 14.0. The largest absolute Gasteiger partial charge is 0.437 e. The smallest absolute Gasteiger partial charge is 0.433 e. The van der Waals surface area contributed by atoms with Gasteiger partial charge in [-0.2, -0.15) is 13.2 Å². The minimum absolute atomic E-state index is 0.163. The molecule has 1 heterocycles. The predicted octanol–water partition coefficient (Wildman–Crippen LogP) is 4.24. The van der Waals surface area contributed by atoms with Crippen molar-refractivity contribution in [3.05, 3.63) is 46.6 Å². The molecule has 2 aromatic rings. The molecule has 0 radical (unpaired) electrons. The number of nitrogens with two attached hydrogens (primary N) is 1. The molecule has 0 saturated carbocycles. The molecule has 2 rings (SSSR count). The lowest BCUT2D eigenvalue weighted by molar-refractivity contribution is -0.141. The van der Waals surface area contributed by atoms with E-state index in [1.54, 1.807) is 18.2 Å². The summed E-state index contributed by atoms with van der Waals surface area (Å²) in [5, 5.41) is 0. The maximum Gasteiger partial charge on any atom is 0.433 e. The van der Waals surface area contributed by atoms with Crippen LogP contribution in [0.4, 0.5) is 18.9 Å². The van der Waals surface area contributed by atoms with Crippen LogP contribution in [0, 0.1) is 0 Å². The van der Waals surface area contributed by atoms with E-state index in [4.69, 9.17) is 10.5 Å². The van der Waals surface area contributed by atoms with Gasteiger partial charge in [-0.25, -0.2) is 4.98 Å². The first-order valence-corrected chi connectivity index (χ1v) is 5.93. The van der Waals surface area contributed by atoms with Gasteiger partial charge in [0.05, 0.1) is 5.69 Å². The summed E-state index contributed by atoms with van der Waals surface area (Å²) in [5.41, 5.74) is 4.97. The van der Waals surface area contributed by atoms with Gasteiger partial charge in [-0.3, -0.25) is 0 Å². The second-order valence-electron chi connectivity index (χ2n) is 3.64. The first-order chi connectivity index (χ1) is 8.86. The number of benzene rings is 1. The fourth-order valence-corrected chi connectivity index (χ4v) is 1.73. The summed E-state index contributed by atoms with van der Waals surface area (Å²) in [5.74, 6) is 0.0823. The maximum absolute atomic E-state index is 12.5. The highest BCUT2D eigenvalue weighted by Gasteiger charge is 2.32. The summed E-state index contributed by atoms with van der Waals surface area (Å²) in [6, 6.07) is 8.22. The van der Waals surface area contributed by atoms with E-state index in [0.717, 1.165) is 10.5 Å². The molecular formula is C12H8BrF3N2O. The van der Waals surface area contributed by atoms with Crippen LogP contribution in [0.25, 0.3) is 0 Å². The lowest BCUT2D eigenvalue weighted by Gasteiger charge is -2.10. The zero-order valence-electron chi connectivity index (χ0n) is 9.41. The number of anilines is 1. The minimum atomic E-state index is -4.51. The zero-order valence-corrected chi connectivity index (χ0v) is 11.0. The van der Waals surface area contributed by atoms with E-state index in [0.29, 0.717) is 5.69 Å². The predicted molar refractivity (Wildman–Crippen MR) is 67.9 cm³/mol. The Bertz CT molecular complexity index is 602. The molecule has 3 nitrogen and oxygen atoms in total. The number of nitrogens with zero attached hydrogens (tertiary/aromatic N) is 1. The molecule has 0 aliphatic carbocycles. The van der Waals surface area contributed by atoms with Crippen molar-refractivity contribution in [1.82, 2.24) is 4.98 Å². The van der Waals surface area contributed by atoms with Crippen molar-refractivity contribution < 1.29 is 17.9 Å². The van der Waals surface area contributed by atoms with Crippen LogP contribution in [0.2, 0.25) is 0 Å². The summed E-state index contributed by atoms with van der Waals surface area (Å²) in [6.07, 6.45) is -4.51. The Kier molecular flexibility index (Phi) is 3.66. The Balaban J connectivity index is 2.29. The molecule has 2 N–H and O–H groups in total. The molecule has 0 atom stereocenters. The first kappa shape index (κ1) is 13.7. The number of hydrogen-bond acceptors (Lipinski definition) is 3. The third-order valence-electron chi connectivity index (χ3n) is 2.20. The second kappa shape index (κ2) is 5.08. The van der Waals surface area contributed by atoms with Gasteiger partial charge in [0.1, 0.15) is 5.69 Å². The van der Waals surface area contributed by atoms with E-state index in [1.807, 2.05) is 0 Å². The van der Waals surface area contributed by atoms with Gasteiger partial charge in [0.15, 0.2) is 5.75 Å². The topological polar surface area (TPSA) is 48.1 Å². The molecule has 0 amide bonds. The number of alkyl halides is 3. The third kappa shape index (κ3) is 3.37. The van der Waals surface area contributed by atoms with Crippen LogP contribution in [0.5, 0.6) is 11.6 Å². The van der Waals surface area contributed by atoms with Crippen LogP contribution >= 0.6 is 15.9 Å². The Morgan fingerprint density at radius 3 is 2.53 bits per heavy atom. The lowest BCUT2D eigenvalue weighted by Crippen LogP contribution is -2.08. The fraction of sp³-hybridized carbons (Fsp3) is 0.0833. The summed E-state index contributed by atoms with van der Waals surface area (Å²) in [6.45, 7) is 0. The van der Waals surface area contributed by atoms with Gasteiger partial charge in [-0.15, -0.1) is 0 Å². The molecule has 0 saturated heterocycles. The monoisotopic (exact) mass is 332 g/mol. The Morgan fingerprint density at radius 2 is 1.89 bits per heavy atom. The number of halogens is 4. The molecule has 0 fully saturated rings. The van der Waals surface area contributed by atoms with Gasteiger partial charge in [-0.1, -0.05) is 22.0 Å². The van der Waals surface area contributed by atoms with Gasteiger partial charge >= 0.3 is 6.18 Å². The molecule has 0 bridgehead atoms. The molecule has 0 spiro atoms. The van der Waals surface area contributed by atoms with Crippen molar-refractivity contribution in [3.63, 3.8) is 0 Å². The Labute approximate surface area is 115 Å². The van der Waals surface area contributed by atoms with Crippen LogP contribution in [0.3, 0.4) is 0 Å². The molecule has 0 unspecified atom stereocenters. The molecule has 1 aromatic heterocycles. The van der Waals surface area contributed by atoms with E-state index in [1.165, 1.54) is 12.1 Å². The van der Waals surface area contributed by atoms with Crippen LogP contribution in [0.15, 0.2) is 40.9 Å². The molecule has 7 heteroatoms. The third-order valence-corrected chi connectivity index (χ3v) is 2.69. The van der Waals surface area contributed by atoms with Crippen molar-refractivity contribution in [3.8, 4) is 11.6 Å². The van der Waals surface area contributed by atoms with Crippen LogP contribution in [0.1, 0.15) is 5.69 Å². The molecular weight excluding hydrogens is 325 g/mol. The standard InChI is InChI=1S/C12H8BrF3N2O/c13-7-4-5-9(8(17)6-7)19-11-3-1-2-10(18-11)12(14,15)16/h1-6H,17H2. The second-order valence-corrected chi connectivity index (χ2v) is 4.56. The number of hydrogen-bond donors (Lipinski definition) is 1. The van der Waals surface area contributed by atoms with Gasteiger partial charge < -0.3 is 10.5 Å². The van der Waals surface area contributed by atoms with E-state index in [2.05, 4.69) is 20.9 Å². The Morgan fingerprint density at radius 1 is 1.16 bits per heavy atom. The van der Waals surface area contributed by atoms with Gasteiger partial charge in [0.25, 0.3) is 0 Å². The van der Waals surface area contributed by atoms with Crippen molar-refractivity contribution >= 4 is 21.6 Å². The quantitative estimate of drug-likeness (QED) is 0.837. The first-order valence-electron chi connectivity index (χ1n) is 5.13. The van der Waals surface area contributed by atoms with E-state index < -0.39 is 11.9 Å². The Hall–Kier alpha value is -1.76. The number of pyridine rings is 1. The average molecular weight is 333 g/mol. The van der Waals surface area contributed by atoms with E-state index in [-0.39, 0.29) is 11.6 Å². The van der Waals surface area contributed by atoms with E-state index >= 15 is 0 Å². The molecule has 19 heavy (non-hydrogen) atoms. The SMILES string of the molecule is Nc1cc(Br)ccc1Oc1cccc(C(F)(F)F)n1. The number of ether oxygens (including phenoxy) is 1. The highest BCUT2D eigenvalue weighted by atomic mass is 79.9. The summed E-state index contributed by atoms with van der Waals surface area (Å²) in [7, 11) is 0. The molecule has 0 aliphatic rings. The maximum atomic E-state index is 12.5. The number of rotatable bonds is 2. The van der Waals surface area contributed by atoms with Gasteiger partial charge in [-0.05, 0) is 24.3 Å². The summed E-state index contributed by atoms with van der Waals surface area (Å²) < 4.78 is 43.5. The van der Waals surface area contributed by atoms with Crippen molar-refractivity contribution in [2.45, 2.75) is 6.18 Å². The van der Waals surface area contributed by atoms with Gasteiger partial charge in [0.2, 0.25) is 5.88 Å². The van der Waals surface area contributed by atoms with Gasteiger partial charge in [0, 0.05) is 10.5 Å². The normalized spacial score (nSPS) is 11.4. The minimum Gasteiger partial charge on any atom is -0.437 e. The van der Waals surface area contributed by atoms with Crippen molar-refractivity contribution in [2.75, 3.05) is 5.73 Å². The van der Waals surface area contributed by atoms with Crippen LogP contribution in [-0.2, 0) is 6.18 Å².